The van der Waals surface area contributed by atoms with Crippen molar-refractivity contribution < 1.29 is 19.8 Å². The van der Waals surface area contributed by atoms with Crippen LogP contribution in [0.3, 0.4) is 0 Å². The Balaban J connectivity index is 1.44. The lowest BCUT2D eigenvalue weighted by atomic mass is 9.83. The molecule has 48 heavy (non-hydrogen) atoms. The molecule has 2 N–H and O–H groups in total. The molecule has 0 saturated carbocycles. The molecule has 0 saturated heterocycles. The molecule has 0 spiro atoms. The summed E-state index contributed by atoms with van der Waals surface area (Å²) in [6, 6.07) is 47.9. The minimum Gasteiger partial charge on any atom is -0.478 e. The number of carboxylic acids is 2. The number of carbonyl (C=O) groups is 2. The van der Waals surface area contributed by atoms with Crippen LogP contribution in [0.15, 0.2) is 146 Å². The number of rotatable bonds is 13. The highest BCUT2D eigenvalue weighted by molar-refractivity contribution is 5.91. The Labute approximate surface area is 282 Å². The first-order valence-electron chi connectivity index (χ1n) is 16.4. The minimum atomic E-state index is -0.929. The second-order valence-electron chi connectivity index (χ2n) is 12.2. The van der Waals surface area contributed by atoms with Gasteiger partial charge in [-0.3, -0.25) is 0 Å². The number of hydrogen-bond acceptors (Lipinski definition) is 2. The molecule has 0 aliphatic carbocycles. The topological polar surface area (TPSA) is 74.6 Å². The minimum absolute atomic E-state index is 0.328. The lowest BCUT2D eigenvalue weighted by Crippen LogP contribution is -2.13. The SMILES string of the molecule is O=C(O)c1ccc(CCc2ccc(C(=O)O)c(Cc3ccccc3)c2Cc2ccccc2)c(Cc2ccccc2)c1Cc1ccccc1. The zero-order valence-electron chi connectivity index (χ0n) is 26.8. The fraction of sp³-hybridized carbons (Fsp3) is 0.136. The van der Waals surface area contributed by atoms with Crippen LogP contribution in [0, 0.1) is 0 Å². The standard InChI is InChI=1S/C44H38O4/c45-43(46)37-25-23-35(39(27-31-13-5-1-6-14-31)41(37)29-33-17-9-3-10-18-33)21-22-36-24-26-38(44(47)48)42(30-34-19-11-4-12-20-34)40(36)28-32-15-7-2-8-16-32/h1-20,23-26H,21-22,27-30H2,(H,45,46)(H,47,48). The summed E-state index contributed by atoms with van der Waals surface area (Å²) in [5, 5.41) is 20.6. The van der Waals surface area contributed by atoms with Crippen molar-refractivity contribution in [1.82, 2.24) is 0 Å². The van der Waals surface area contributed by atoms with Crippen LogP contribution in [-0.4, -0.2) is 22.2 Å². The first kappa shape index (κ1) is 32.2. The molecule has 6 aromatic rings. The molecule has 0 unspecified atom stereocenters. The van der Waals surface area contributed by atoms with Crippen LogP contribution < -0.4 is 0 Å². The average Bonchev–Trinajstić information content (AvgIpc) is 3.11. The smallest absolute Gasteiger partial charge is 0.335 e. The summed E-state index contributed by atoms with van der Waals surface area (Å²) in [4.78, 5) is 25.1. The molecule has 0 aliphatic heterocycles. The van der Waals surface area contributed by atoms with Crippen molar-refractivity contribution in [1.29, 1.82) is 0 Å². The number of hydrogen-bond donors (Lipinski definition) is 2. The van der Waals surface area contributed by atoms with E-state index in [1.54, 1.807) is 12.1 Å². The molecule has 0 atom stereocenters. The zero-order chi connectivity index (χ0) is 33.3. The lowest BCUT2D eigenvalue weighted by molar-refractivity contribution is 0.0684. The van der Waals surface area contributed by atoms with E-state index in [0.717, 1.165) is 55.6 Å². The second-order valence-corrected chi connectivity index (χ2v) is 12.2. The summed E-state index contributed by atoms with van der Waals surface area (Å²) in [5.41, 5.74) is 11.0. The largest absolute Gasteiger partial charge is 0.478 e. The highest BCUT2D eigenvalue weighted by atomic mass is 16.4. The van der Waals surface area contributed by atoms with E-state index in [2.05, 4.69) is 24.3 Å². The zero-order valence-corrected chi connectivity index (χ0v) is 26.8. The molecule has 0 radical (unpaired) electrons. The number of aromatic carboxylic acids is 2. The van der Waals surface area contributed by atoms with Crippen LogP contribution in [0.4, 0.5) is 0 Å². The van der Waals surface area contributed by atoms with Gasteiger partial charge in [-0.05, 0) is 106 Å². The third-order valence-electron chi connectivity index (χ3n) is 9.08. The lowest BCUT2D eigenvalue weighted by Gasteiger charge is -2.21. The van der Waals surface area contributed by atoms with Crippen molar-refractivity contribution >= 4 is 11.9 Å². The Morgan fingerprint density at radius 1 is 0.354 bits per heavy atom. The second kappa shape index (κ2) is 15.2. The molecule has 6 aromatic carbocycles. The summed E-state index contributed by atoms with van der Waals surface area (Å²) in [5.74, 6) is -1.86. The van der Waals surface area contributed by atoms with Crippen LogP contribution in [0.2, 0.25) is 0 Å². The van der Waals surface area contributed by atoms with Gasteiger partial charge in [-0.15, -0.1) is 0 Å². The van der Waals surface area contributed by atoms with Gasteiger partial charge in [0.05, 0.1) is 11.1 Å². The van der Waals surface area contributed by atoms with Gasteiger partial charge in [0.25, 0.3) is 0 Å². The molecule has 6 rings (SSSR count). The molecule has 238 valence electrons. The van der Waals surface area contributed by atoms with E-state index in [9.17, 15) is 19.8 Å². The van der Waals surface area contributed by atoms with E-state index in [-0.39, 0.29) is 0 Å². The number of carboxylic acid groups (broad SMARTS) is 2. The fourth-order valence-electron chi connectivity index (χ4n) is 6.67. The summed E-state index contributed by atoms with van der Waals surface area (Å²) in [6.07, 6.45) is 3.64. The average molecular weight is 631 g/mol. The maximum atomic E-state index is 12.6. The first-order chi connectivity index (χ1) is 23.5. The van der Waals surface area contributed by atoms with Gasteiger partial charge < -0.3 is 10.2 Å². The Morgan fingerprint density at radius 3 is 0.896 bits per heavy atom. The summed E-state index contributed by atoms with van der Waals surface area (Å²) >= 11 is 0. The molecule has 0 aliphatic rings. The van der Waals surface area contributed by atoms with Crippen LogP contribution in [0.5, 0.6) is 0 Å². The first-order valence-corrected chi connectivity index (χ1v) is 16.4. The molecular formula is C44H38O4. The summed E-state index contributed by atoms with van der Waals surface area (Å²) in [7, 11) is 0. The highest BCUT2D eigenvalue weighted by Gasteiger charge is 2.21. The van der Waals surface area contributed by atoms with Gasteiger partial charge in [0.1, 0.15) is 0 Å². The number of aryl methyl sites for hydroxylation is 2. The molecule has 4 heteroatoms. The van der Waals surface area contributed by atoms with Crippen LogP contribution in [-0.2, 0) is 38.5 Å². The van der Waals surface area contributed by atoms with Gasteiger partial charge in [-0.2, -0.15) is 0 Å². The third kappa shape index (κ3) is 7.79. The quantitative estimate of drug-likeness (QED) is 0.133. The highest BCUT2D eigenvalue weighted by Crippen LogP contribution is 2.30. The van der Waals surface area contributed by atoms with Crippen LogP contribution in [0.25, 0.3) is 0 Å². The normalized spacial score (nSPS) is 10.9. The van der Waals surface area contributed by atoms with E-state index >= 15 is 0 Å². The van der Waals surface area contributed by atoms with Crippen molar-refractivity contribution in [2.24, 2.45) is 0 Å². The predicted molar refractivity (Wildman–Crippen MR) is 191 cm³/mol. The summed E-state index contributed by atoms with van der Waals surface area (Å²) < 4.78 is 0. The van der Waals surface area contributed by atoms with Crippen LogP contribution in [0.1, 0.15) is 76.4 Å². The third-order valence-corrected chi connectivity index (χ3v) is 9.08. The molecule has 0 heterocycles. The van der Waals surface area contributed by atoms with E-state index in [1.165, 1.54) is 0 Å². The van der Waals surface area contributed by atoms with Crippen LogP contribution >= 0.6 is 0 Å². The molecule has 0 bridgehead atoms. The van der Waals surface area contributed by atoms with E-state index in [1.807, 2.05) is 109 Å². The Hall–Kier alpha value is -5.74. The van der Waals surface area contributed by atoms with Gasteiger partial charge in [-0.1, -0.05) is 133 Å². The van der Waals surface area contributed by atoms with Crippen molar-refractivity contribution in [2.75, 3.05) is 0 Å². The molecule has 0 aromatic heterocycles. The van der Waals surface area contributed by atoms with E-state index < -0.39 is 11.9 Å². The van der Waals surface area contributed by atoms with Gasteiger partial charge in [0, 0.05) is 0 Å². The van der Waals surface area contributed by atoms with Crippen molar-refractivity contribution in [3.8, 4) is 0 Å². The Morgan fingerprint density at radius 2 is 0.625 bits per heavy atom. The Kier molecular flexibility index (Phi) is 10.2. The van der Waals surface area contributed by atoms with Crippen molar-refractivity contribution in [3.05, 3.63) is 212 Å². The van der Waals surface area contributed by atoms with Gasteiger partial charge in [0.2, 0.25) is 0 Å². The fourth-order valence-corrected chi connectivity index (χ4v) is 6.67. The number of benzene rings is 6. The van der Waals surface area contributed by atoms with E-state index in [0.29, 0.717) is 49.7 Å². The predicted octanol–water partition coefficient (Wildman–Crippen LogP) is 9.23. The Bertz CT molecular complexity index is 1850. The van der Waals surface area contributed by atoms with Crippen molar-refractivity contribution in [3.63, 3.8) is 0 Å². The van der Waals surface area contributed by atoms with Gasteiger partial charge in [0.15, 0.2) is 0 Å². The van der Waals surface area contributed by atoms with Crippen molar-refractivity contribution in [2.45, 2.75) is 38.5 Å². The van der Waals surface area contributed by atoms with E-state index in [4.69, 9.17) is 0 Å². The van der Waals surface area contributed by atoms with Gasteiger partial charge in [-0.25, -0.2) is 9.59 Å². The summed E-state index contributed by atoms with van der Waals surface area (Å²) in [6.45, 7) is 0. The maximum absolute atomic E-state index is 12.6. The maximum Gasteiger partial charge on any atom is 0.335 e. The molecule has 0 amide bonds. The van der Waals surface area contributed by atoms with Gasteiger partial charge >= 0.3 is 11.9 Å². The molecule has 0 fully saturated rings. The molecule has 4 nitrogen and oxygen atoms in total. The monoisotopic (exact) mass is 630 g/mol. The molecular weight excluding hydrogens is 592 g/mol.